The Morgan fingerprint density at radius 3 is 1.84 bits per heavy atom. The van der Waals surface area contributed by atoms with Gasteiger partial charge in [-0.1, -0.05) is 58.0 Å². The Morgan fingerprint density at radius 2 is 1.32 bits per heavy atom. The average molecular weight is 256 g/mol. The number of rotatable bonds is 3. The van der Waals surface area contributed by atoms with E-state index in [4.69, 9.17) is 0 Å². The Bertz CT molecular complexity index is 553. The van der Waals surface area contributed by atoms with Crippen LogP contribution in [-0.4, -0.2) is 0 Å². The van der Waals surface area contributed by atoms with Gasteiger partial charge in [0.25, 0.3) is 0 Å². The molecule has 100 valence electrons. The smallest absolute Gasteiger partial charge is 0.131 e. The molecule has 0 saturated carbocycles. The van der Waals surface area contributed by atoms with Crippen molar-refractivity contribution in [1.82, 2.24) is 0 Å². The number of halogens is 1. The molecule has 0 atom stereocenters. The first-order chi connectivity index (χ1) is 9.00. The molecule has 0 heterocycles. The van der Waals surface area contributed by atoms with Crippen molar-refractivity contribution in [2.24, 2.45) is 0 Å². The second-order valence-corrected chi connectivity index (χ2v) is 5.64. The zero-order chi connectivity index (χ0) is 14.0. The van der Waals surface area contributed by atoms with Crippen LogP contribution >= 0.6 is 0 Å². The lowest BCUT2D eigenvalue weighted by Gasteiger charge is -2.18. The number of hydrogen-bond acceptors (Lipinski definition) is 0. The van der Waals surface area contributed by atoms with Gasteiger partial charge in [-0.15, -0.1) is 0 Å². The van der Waals surface area contributed by atoms with E-state index in [0.717, 1.165) is 11.1 Å². The average Bonchev–Trinajstić information content (AvgIpc) is 2.39. The fraction of sp³-hybridized carbons (Fsp3) is 0.333. The van der Waals surface area contributed by atoms with Gasteiger partial charge in [-0.25, -0.2) is 4.39 Å². The summed E-state index contributed by atoms with van der Waals surface area (Å²) in [6.45, 7) is 8.55. The summed E-state index contributed by atoms with van der Waals surface area (Å²) >= 11 is 0. The van der Waals surface area contributed by atoms with Crippen LogP contribution in [0.5, 0.6) is 0 Å². The summed E-state index contributed by atoms with van der Waals surface area (Å²) in [7, 11) is 0. The molecule has 0 bridgehead atoms. The molecule has 0 amide bonds. The van der Waals surface area contributed by atoms with E-state index in [1.807, 2.05) is 36.4 Å². The van der Waals surface area contributed by atoms with Crippen molar-refractivity contribution >= 4 is 0 Å². The summed E-state index contributed by atoms with van der Waals surface area (Å²) in [4.78, 5) is 0. The molecule has 0 aliphatic carbocycles. The van der Waals surface area contributed by atoms with Gasteiger partial charge in [0, 0.05) is 5.56 Å². The summed E-state index contributed by atoms with van der Waals surface area (Å²) in [5, 5.41) is 0. The minimum atomic E-state index is -0.126. The zero-order valence-corrected chi connectivity index (χ0v) is 12.1. The van der Waals surface area contributed by atoms with Crippen LogP contribution < -0.4 is 0 Å². The summed E-state index contributed by atoms with van der Waals surface area (Å²) in [6.07, 6.45) is 0. The van der Waals surface area contributed by atoms with Gasteiger partial charge in [-0.05, 0) is 40.7 Å². The van der Waals surface area contributed by atoms with Gasteiger partial charge in [0.05, 0.1) is 0 Å². The molecule has 1 heteroatoms. The monoisotopic (exact) mass is 256 g/mol. The highest BCUT2D eigenvalue weighted by Gasteiger charge is 2.15. The molecule has 0 unspecified atom stereocenters. The van der Waals surface area contributed by atoms with Gasteiger partial charge in [0.15, 0.2) is 0 Å². The third kappa shape index (κ3) is 2.86. The Kier molecular flexibility index (Phi) is 4.04. The van der Waals surface area contributed by atoms with Gasteiger partial charge >= 0.3 is 0 Å². The van der Waals surface area contributed by atoms with Crippen molar-refractivity contribution in [3.8, 4) is 11.1 Å². The van der Waals surface area contributed by atoms with Crippen LogP contribution in [0.2, 0.25) is 0 Å². The van der Waals surface area contributed by atoms with Crippen molar-refractivity contribution in [3.05, 3.63) is 59.4 Å². The SMILES string of the molecule is CC(C)c1cc(F)c(-c2ccccc2)cc1C(C)C. The van der Waals surface area contributed by atoms with Gasteiger partial charge in [-0.2, -0.15) is 0 Å². The third-order valence-electron chi connectivity index (χ3n) is 3.50. The molecule has 0 saturated heterocycles. The Labute approximate surface area is 115 Å². The first-order valence-electron chi connectivity index (χ1n) is 6.89. The van der Waals surface area contributed by atoms with Crippen molar-refractivity contribution in [2.45, 2.75) is 39.5 Å². The van der Waals surface area contributed by atoms with E-state index in [1.165, 1.54) is 5.56 Å². The van der Waals surface area contributed by atoms with Crippen LogP contribution in [0, 0.1) is 5.82 Å². The van der Waals surface area contributed by atoms with Crippen LogP contribution in [0.3, 0.4) is 0 Å². The second kappa shape index (κ2) is 5.56. The van der Waals surface area contributed by atoms with Crippen molar-refractivity contribution < 1.29 is 4.39 Å². The minimum Gasteiger partial charge on any atom is -0.206 e. The van der Waals surface area contributed by atoms with E-state index in [0.29, 0.717) is 17.4 Å². The molecule has 0 radical (unpaired) electrons. The van der Waals surface area contributed by atoms with Gasteiger partial charge in [-0.3, -0.25) is 0 Å². The fourth-order valence-corrected chi connectivity index (χ4v) is 2.44. The Hall–Kier alpha value is -1.63. The highest BCUT2D eigenvalue weighted by atomic mass is 19.1. The highest BCUT2D eigenvalue weighted by Crippen LogP contribution is 2.33. The summed E-state index contributed by atoms with van der Waals surface area (Å²) in [6, 6.07) is 13.5. The Morgan fingerprint density at radius 1 is 0.789 bits per heavy atom. The normalized spacial score (nSPS) is 11.3. The lowest BCUT2D eigenvalue weighted by atomic mass is 9.87. The largest absolute Gasteiger partial charge is 0.206 e. The lowest BCUT2D eigenvalue weighted by Crippen LogP contribution is -2.01. The molecule has 2 aromatic carbocycles. The lowest BCUT2D eigenvalue weighted by molar-refractivity contribution is 0.623. The summed E-state index contributed by atoms with van der Waals surface area (Å²) in [5.74, 6) is 0.622. The van der Waals surface area contributed by atoms with Crippen LogP contribution in [0.4, 0.5) is 4.39 Å². The van der Waals surface area contributed by atoms with Gasteiger partial charge in [0.2, 0.25) is 0 Å². The van der Waals surface area contributed by atoms with E-state index >= 15 is 0 Å². The molecular weight excluding hydrogens is 235 g/mol. The molecule has 2 rings (SSSR count). The first kappa shape index (κ1) is 13.8. The maximum atomic E-state index is 14.3. The molecule has 0 nitrogen and oxygen atoms in total. The second-order valence-electron chi connectivity index (χ2n) is 5.64. The Balaban J connectivity index is 2.62. The van der Waals surface area contributed by atoms with Crippen LogP contribution in [0.25, 0.3) is 11.1 Å². The molecule has 0 spiro atoms. The highest BCUT2D eigenvalue weighted by molar-refractivity contribution is 5.66. The third-order valence-corrected chi connectivity index (χ3v) is 3.50. The summed E-state index contributed by atoms with van der Waals surface area (Å²) in [5.41, 5.74) is 4.01. The predicted octanol–water partition coefficient (Wildman–Crippen LogP) is 5.74. The van der Waals surface area contributed by atoms with Crippen molar-refractivity contribution in [2.75, 3.05) is 0 Å². The maximum absolute atomic E-state index is 14.3. The molecule has 2 aromatic rings. The molecular formula is C18H21F. The van der Waals surface area contributed by atoms with Crippen LogP contribution in [0.15, 0.2) is 42.5 Å². The molecule has 0 aliphatic rings. The van der Waals surface area contributed by atoms with Crippen LogP contribution in [0.1, 0.15) is 50.7 Å². The van der Waals surface area contributed by atoms with E-state index in [2.05, 4.69) is 27.7 Å². The maximum Gasteiger partial charge on any atom is 0.131 e. The predicted molar refractivity (Wildman–Crippen MR) is 80.0 cm³/mol. The van der Waals surface area contributed by atoms with Gasteiger partial charge < -0.3 is 0 Å². The molecule has 0 N–H and O–H groups in total. The van der Waals surface area contributed by atoms with E-state index in [1.54, 1.807) is 6.07 Å². The molecule has 19 heavy (non-hydrogen) atoms. The quantitative estimate of drug-likeness (QED) is 0.657. The zero-order valence-electron chi connectivity index (χ0n) is 12.1. The van der Waals surface area contributed by atoms with E-state index < -0.39 is 0 Å². The van der Waals surface area contributed by atoms with Crippen LogP contribution in [-0.2, 0) is 0 Å². The minimum absolute atomic E-state index is 0.126. The number of benzene rings is 2. The van der Waals surface area contributed by atoms with E-state index in [-0.39, 0.29) is 5.82 Å². The molecule has 0 aromatic heterocycles. The van der Waals surface area contributed by atoms with Crippen molar-refractivity contribution in [3.63, 3.8) is 0 Å². The first-order valence-corrected chi connectivity index (χ1v) is 6.89. The van der Waals surface area contributed by atoms with Gasteiger partial charge in [0.1, 0.15) is 5.82 Å². The molecule has 0 aliphatic heterocycles. The summed E-state index contributed by atoms with van der Waals surface area (Å²) < 4.78 is 14.3. The molecule has 0 fully saturated rings. The van der Waals surface area contributed by atoms with Crippen molar-refractivity contribution in [1.29, 1.82) is 0 Å². The fourth-order valence-electron chi connectivity index (χ4n) is 2.44. The topological polar surface area (TPSA) is 0 Å². The van der Waals surface area contributed by atoms with E-state index in [9.17, 15) is 4.39 Å². The number of hydrogen-bond donors (Lipinski definition) is 0. The standard InChI is InChI=1S/C18H21F/c1-12(2)15-10-17(14-8-6-5-7-9-14)18(19)11-16(15)13(3)4/h5-13H,1-4H3.